The number of epoxide rings is 1. The molecule has 0 aromatic carbocycles. The number of rotatable bonds is 8. The first-order chi connectivity index (χ1) is 21.1. The van der Waals surface area contributed by atoms with Gasteiger partial charge in [0.15, 0.2) is 18.2 Å². The molecule has 0 amide bonds. The SMILES string of the molecule is CCC(=O)O[C@@H]1[C@@H](O[C@H]2[C@@H](CC=O)C[C@@H](C)C(=O)/C=C/[C@]3(C)O[C@@H]3[C@H](C)[C@H](CC)OC(=O)C[C@@H](O)[C@@H]2C)O[C@@H](C)C[C@H]1N(C)C. The number of fused-ring (bicyclic) bond motifs is 1. The molecule has 3 rings (SSSR count). The summed E-state index contributed by atoms with van der Waals surface area (Å²) in [4.78, 5) is 53.0. The molecule has 1 N–H and O–H groups in total. The van der Waals surface area contributed by atoms with Gasteiger partial charge in [0.05, 0.1) is 36.9 Å². The quantitative estimate of drug-likeness (QED) is 0.237. The number of allylic oxidation sites excluding steroid dienone is 1. The summed E-state index contributed by atoms with van der Waals surface area (Å²) < 4.78 is 30.6. The van der Waals surface area contributed by atoms with Crippen molar-refractivity contribution in [2.45, 2.75) is 142 Å². The van der Waals surface area contributed by atoms with Gasteiger partial charge in [-0.15, -0.1) is 0 Å². The van der Waals surface area contributed by atoms with Gasteiger partial charge in [-0.3, -0.25) is 14.4 Å². The first-order valence-corrected chi connectivity index (χ1v) is 16.5. The number of nitrogens with zero attached hydrogens (tertiary/aromatic N) is 1. The van der Waals surface area contributed by atoms with E-state index in [0.29, 0.717) is 12.8 Å². The maximum atomic E-state index is 13.3. The molecule has 0 spiro atoms. The molecule has 3 aliphatic heterocycles. The zero-order chi connectivity index (χ0) is 33.6. The van der Waals surface area contributed by atoms with Crippen LogP contribution in [0.15, 0.2) is 12.2 Å². The smallest absolute Gasteiger partial charge is 0.308 e. The van der Waals surface area contributed by atoms with Crippen molar-refractivity contribution >= 4 is 24.0 Å². The number of aldehydes is 1. The van der Waals surface area contributed by atoms with Crippen LogP contribution in [0.3, 0.4) is 0 Å². The highest BCUT2D eigenvalue weighted by Crippen LogP contribution is 2.45. The van der Waals surface area contributed by atoms with Crippen molar-refractivity contribution < 1.29 is 48.0 Å². The summed E-state index contributed by atoms with van der Waals surface area (Å²) in [6, 6.07) is -0.214. The van der Waals surface area contributed by atoms with Crippen molar-refractivity contribution in [3.63, 3.8) is 0 Å². The highest BCUT2D eigenvalue weighted by Gasteiger charge is 2.55. The first kappa shape index (κ1) is 37.3. The number of ether oxygens (including phenoxy) is 5. The number of aliphatic hydroxyl groups excluding tert-OH is 1. The summed E-state index contributed by atoms with van der Waals surface area (Å²) in [5.74, 6) is -2.87. The number of carbonyl (C=O) groups excluding carboxylic acids is 4. The zero-order valence-corrected chi connectivity index (χ0v) is 28.5. The number of cyclic esters (lactones) is 1. The third-order valence-corrected chi connectivity index (χ3v) is 9.82. The molecule has 0 aliphatic carbocycles. The van der Waals surface area contributed by atoms with E-state index in [4.69, 9.17) is 23.7 Å². The predicted molar refractivity (Wildman–Crippen MR) is 166 cm³/mol. The lowest BCUT2D eigenvalue weighted by Gasteiger charge is -2.45. The lowest BCUT2D eigenvalue weighted by atomic mass is 9.79. The van der Waals surface area contributed by atoms with E-state index >= 15 is 0 Å². The maximum absolute atomic E-state index is 13.3. The fraction of sp³-hybridized carbons (Fsp3) is 0.824. The Morgan fingerprint density at radius 2 is 1.80 bits per heavy atom. The molecule has 2 fully saturated rings. The molecular weight excluding hydrogens is 582 g/mol. The second-order valence-electron chi connectivity index (χ2n) is 13.7. The molecule has 0 radical (unpaired) electrons. The van der Waals surface area contributed by atoms with Gasteiger partial charge in [-0.05, 0) is 65.3 Å². The van der Waals surface area contributed by atoms with Gasteiger partial charge in [0.25, 0.3) is 0 Å². The molecule has 11 heteroatoms. The minimum atomic E-state index is -1.19. The zero-order valence-electron chi connectivity index (χ0n) is 28.5. The number of carbonyl (C=O) groups is 4. The van der Waals surface area contributed by atoms with Crippen molar-refractivity contribution in [1.82, 2.24) is 4.90 Å². The fourth-order valence-corrected chi connectivity index (χ4v) is 6.84. The van der Waals surface area contributed by atoms with Crippen molar-refractivity contribution in [1.29, 1.82) is 0 Å². The Morgan fingerprint density at radius 3 is 2.40 bits per heavy atom. The minimum Gasteiger partial charge on any atom is -0.462 e. The van der Waals surface area contributed by atoms with Crippen LogP contribution in [-0.4, -0.2) is 103 Å². The van der Waals surface area contributed by atoms with E-state index < -0.39 is 66.0 Å². The van der Waals surface area contributed by atoms with E-state index in [-0.39, 0.29) is 55.6 Å². The Labute approximate surface area is 268 Å². The summed E-state index contributed by atoms with van der Waals surface area (Å²) in [5.41, 5.74) is -0.656. The van der Waals surface area contributed by atoms with Crippen molar-refractivity contribution in [2.24, 2.45) is 23.7 Å². The first-order valence-electron chi connectivity index (χ1n) is 16.5. The largest absolute Gasteiger partial charge is 0.462 e. The van der Waals surface area contributed by atoms with Crippen molar-refractivity contribution in [2.75, 3.05) is 14.1 Å². The standard InChI is InChI=1S/C34H55NO10/c1-10-27-22(6)32-34(7,45-32)14-12-25(37)19(3)16-23(13-15-36)30(21(5)26(38)18-29(40)42-27)44-33-31(43-28(39)11-2)24(35(8)9)17-20(4)41-33/h12,14-15,19-24,26-27,30-33,38H,10-11,13,16-18H2,1-9H3/b14-12+/t19-,20+,21+,22-,23+,24-,26-,27+,30-,31+,32-,33-,34+/m1/s1. The van der Waals surface area contributed by atoms with Crippen molar-refractivity contribution in [3.05, 3.63) is 12.2 Å². The van der Waals surface area contributed by atoms with Gasteiger partial charge in [-0.25, -0.2) is 0 Å². The van der Waals surface area contributed by atoms with E-state index in [1.54, 1.807) is 26.8 Å². The van der Waals surface area contributed by atoms with E-state index in [1.165, 1.54) is 6.08 Å². The Kier molecular flexibility index (Phi) is 13.3. The van der Waals surface area contributed by atoms with Gasteiger partial charge in [0, 0.05) is 30.6 Å². The predicted octanol–water partition coefficient (Wildman–Crippen LogP) is 3.63. The second kappa shape index (κ2) is 16.1. The van der Waals surface area contributed by atoms with E-state index in [0.717, 1.165) is 6.29 Å². The van der Waals surface area contributed by atoms with Gasteiger partial charge >= 0.3 is 11.9 Å². The van der Waals surface area contributed by atoms with E-state index in [1.807, 2.05) is 46.7 Å². The molecule has 3 heterocycles. The van der Waals surface area contributed by atoms with Crippen LogP contribution >= 0.6 is 0 Å². The molecule has 0 unspecified atom stereocenters. The number of hydrogen-bond donors (Lipinski definition) is 1. The van der Waals surface area contributed by atoms with Crippen LogP contribution in [-0.2, 0) is 42.9 Å². The number of ketones is 1. The Balaban J connectivity index is 2.01. The number of hydrogen-bond acceptors (Lipinski definition) is 11. The van der Waals surface area contributed by atoms with Gasteiger partial charge < -0.3 is 38.5 Å². The Hall–Kier alpha value is -2.18. The fourth-order valence-electron chi connectivity index (χ4n) is 6.84. The molecule has 13 atom stereocenters. The third kappa shape index (κ3) is 9.44. The normalized spacial score (nSPS) is 42.4. The summed E-state index contributed by atoms with van der Waals surface area (Å²) >= 11 is 0. The summed E-state index contributed by atoms with van der Waals surface area (Å²) in [6.07, 6.45) is 0.746. The molecule has 11 nitrogen and oxygen atoms in total. The second-order valence-corrected chi connectivity index (χ2v) is 13.7. The van der Waals surface area contributed by atoms with Crippen LogP contribution < -0.4 is 0 Å². The molecule has 3 aliphatic rings. The van der Waals surface area contributed by atoms with Crippen LogP contribution in [0.2, 0.25) is 0 Å². The third-order valence-electron chi connectivity index (χ3n) is 9.82. The molecule has 0 aromatic heterocycles. The van der Waals surface area contributed by atoms with Crippen LogP contribution in [0.4, 0.5) is 0 Å². The Morgan fingerprint density at radius 1 is 1.11 bits per heavy atom. The number of aliphatic hydroxyl groups is 1. The lowest BCUT2D eigenvalue weighted by Crippen LogP contribution is -2.57. The maximum Gasteiger partial charge on any atom is 0.308 e. The summed E-state index contributed by atoms with van der Waals surface area (Å²) in [7, 11) is 3.79. The molecule has 0 bridgehead atoms. The summed E-state index contributed by atoms with van der Waals surface area (Å²) in [5, 5.41) is 11.4. The van der Waals surface area contributed by atoms with Crippen LogP contribution in [0, 0.1) is 23.7 Å². The highest BCUT2D eigenvalue weighted by atomic mass is 16.7. The van der Waals surface area contributed by atoms with Gasteiger partial charge in [0.2, 0.25) is 0 Å². The van der Waals surface area contributed by atoms with Crippen molar-refractivity contribution in [3.8, 4) is 0 Å². The van der Waals surface area contributed by atoms with Crippen LogP contribution in [0.1, 0.15) is 87.0 Å². The lowest BCUT2D eigenvalue weighted by molar-refractivity contribution is -0.286. The average molecular weight is 638 g/mol. The highest BCUT2D eigenvalue weighted by molar-refractivity contribution is 5.91. The topological polar surface area (TPSA) is 141 Å². The van der Waals surface area contributed by atoms with Gasteiger partial charge in [0.1, 0.15) is 18.0 Å². The van der Waals surface area contributed by atoms with E-state index in [2.05, 4.69) is 0 Å². The molecular formula is C34H55NO10. The monoisotopic (exact) mass is 637 g/mol. The minimum absolute atomic E-state index is 0.0463. The van der Waals surface area contributed by atoms with Crippen LogP contribution in [0.25, 0.3) is 0 Å². The summed E-state index contributed by atoms with van der Waals surface area (Å²) in [6.45, 7) is 13.0. The average Bonchev–Trinajstić information content (AvgIpc) is 3.67. The van der Waals surface area contributed by atoms with Gasteiger partial charge in [-0.1, -0.05) is 34.6 Å². The molecule has 45 heavy (non-hydrogen) atoms. The van der Waals surface area contributed by atoms with Crippen LogP contribution in [0.5, 0.6) is 0 Å². The molecule has 2 saturated heterocycles. The Bertz CT molecular complexity index is 1060. The number of esters is 2. The van der Waals surface area contributed by atoms with Gasteiger partial charge in [-0.2, -0.15) is 0 Å². The van der Waals surface area contributed by atoms with E-state index in [9.17, 15) is 24.3 Å². The molecule has 0 saturated carbocycles. The molecule has 256 valence electrons. The number of likely N-dealkylation sites (N-methyl/N-ethyl adjacent to an activating group) is 1. The molecule has 0 aromatic rings.